The molecule has 0 aromatic heterocycles. The van der Waals surface area contributed by atoms with Crippen LogP contribution in [0.25, 0.3) is 0 Å². The van der Waals surface area contributed by atoms with Crippen LogP contribution in [0.3, 0.4) is 0 Å². The van der Waals surface area contributed by atoms with Gasteiger partial charge in [0.1, 0.15) is 12.0 Å². The first-order chi connectivity index (χ1) is 8.67. The monoisotopic (exact) mass is 271 g/mol. The molecule has 0 saturated heterocycles. The second-order valence-electron chi connectivity index (χ2n) is 3.75. The number of hydrogen-bond donors (Lipinski definition) is 1. The molecule has 0 bridgehead atoms. The molecule has 1 amide bonds. The molecule has 5 heteroatoms. The lowest BCUT2D eigenvalue weighted by Gasteiger charge is -2.17. The Morgan fingerprint density at radius 2 is 2.06 bits per heavy atom. The molecule has 0 fully saturated rings. The van der Waals surface area contributed by atoms with Crippen LogP contribution in [0.5, 0.6) is 11.5 Å². The van der Waals surface area contributed by atoms with Gasteiger partial charge in [-0.15, -0.1) is 11.6 Å². The van der Waals surface area contributed by atoms with Crippen LogP contribution in [0, 0.1) is 0 Å². The Hall–Kier alpha value is -1.42. The molecule has 0 aliphatic heterocycles. The highest BCUT2D eigenvalue weighted by molar-refractivity contribution is 6.27. The van der Waals surface area contributed by atoms with Gasteiger partial charge in [0.05, 0.1) is 13.2 Å². The van der Waals surface area contributed by atoms with Gasteiger partial charge in [0.15, 0.2) is 11.5 Å². The molecule has 1 unspecified atom stereocenters. The summed E-state index contributed by atoms with van der Waals surface area (Å²) in [6.45, 7) is 4.78. The summed E-state index contributed by atoms with van der Waals surface area (Å²) in [6.07, 6.45) is -0.154. The number of hydrogen-bond acceptors (Lipinski definition) is 3. The molecular formula is C13H18ClNO3. The van der Waals surface area contributed by atoms with Crippen molar-refractivity contribution in [2.45, 2.75) is 20.0 Å². The molecule has 1 aromatic carbocycles. The lowest BCUT2D eigenvalue weighted by Crippen LogP contribution is -2.34. The lowest BCUT2D eigenvalue weighted by atomic mass is 10.3. The van der Waals surface area contributed by atoms with E-state index in [1.54, 1.807) is 0 Å². The van der Waals surface area contributed by atoms with Gasteiger partial charge in [-0.1, -0.05) is 12.1 Å². The van der Waals surface area contributed by atoms with Crippen LogP contribution in [-0.4, -0.2) is 31.0 Å². The fourth-order valence-corrected chi connectivity index (χ4v) is 1.48. The van der Waals surface area contributed by atoms with E-state index in [9.17, 15) is 4.79 Å². The average Bonchev–Trinajstić information content (AvgIpc) is 2.38. The molecular weight excluding hydrogens is 254 g/mol. The number of ether oxygens (including phenoxy) is 2. The molecule has 0 heterocycles. The molecule has 1 aromatic rings. The van der Waals surface area contributed by atoms with Crippen molar-refractivity contribution < 1.29 is 14.3 Å². The molecule has 1 atom stereocenters. The number of halogens is 1. The van der Waals surface area contributed by atoms with E-state index in [1.165, 1.54) is 0 Å². The Bertz CT molecular complexity index is 384. The predicted octanol–water partition coefficient (Wildman–Crippen LogP) is 2.21. The minimum atomic E-state index is -0.204. The highest BCUT2D eigenvalue weighted by Crippen LogP contribution is 2.27. The summed E-state index contributed by atoms with van der Waals surface area (Å²) >= 11 is 5.39. The van der Waals surface area contributed by atoms with Gasteiger partial charge in [-0.25, -0.2) is 0 Å². The molecule has 4 nitrogen and oxygen atoms in total. The van der Waals surface area contributed by atoms with E-state index in [0.29, 0.717) is 24.7 Å². The number of carbonyl (C=O) groups excluding carboxylic acids is 1. The second kappa shape index (κ2) is 7.82. The van der Waals surface area contributed by atoms with Gasteiger partial charge in [0.2, 0.25) is 5.91 Å². The van der Waals surface area contributed by atoms with Crippen molar-refractivity contribution in [3.05, 3.63) is 24.3 Å². The molecule has 0 saturated carbocycles. The maximum atomic E-state index is 11.0. The van der Waals surface area contributed by atoms with Crippen LogP contribution in [0.2, 0.25) is 0 Å². The third-order valence-electron chi connectivity index (χ3n) is 2.19. The van der Waals surface area contributed by atoms with E-state index < -0.39 is 0 Å². The van der Waals surface area contributed by atoms with Gasteiger partial charge >= 0.3 is 0 Å². The van der Waals surface area contributed by atoms with Crippen LogP contribution in [0.1, 0.15) is 13.8 Å². The first-order valence-electron chi connectivity index (χ1n) is 5.88. The highest BCUT2D eigenvalue weighted by atomic mass is 35.5. The van der Waals surface area contributed by atoms with Crippen LogP contribution < -0.4 is 14.8 Å². The van der Waals surface area contributed by atoms with Crippen molar-refractivity contribution in [3.63, 3.8) is 0 Å². The predicted molar refractivity (Wildman–Crippen MR) is 71.4 cm³/mol. The van der Waals surface area contributed by atoms with Crippen molar-refractivity contribution in [2.24, 2.45) is 0 Å². The summed E-state index contributed by atoms with van der Waals surface area (Å²) in [4.78, 5) is 11.0. The van der Waals surface area contributed by atoms with E-state index >= 15 is 0 Å². The first-order valence-corrected chi connectivity index (χ1v) is 6.42. The van der Waals surface area contributed by atoms with Crippen molar-refractivity contribution in [1.82, 2.24) is 5.32 Å². The number of rotatable bonds is 7. The zero-order chi connectivity index (χ0) is 13.4. The summed E-state index contributed by atoms with van der Waals surface area (Å²) in [7, 11) is 0. The minimum absolute atomic E-state index is 0.0394. The Morgan fingerprint density at radius 1 is 1.39 bits per heavy atom. The molecule has 1 N–H and O–H groups in total. The standard InChI is InChI=1S/C13H18ClNO3/c1-3-17-11-6-4-5-7-12(11)18-10(2)9-15-13(16)8-14/h4-7,10H,3,8-9H2,1-2H3,(H,15,16). The van der Waals surface area contributed by atoms with E-state index in [0.717, 1.165) is 0 Å². The van der Waals surface area contributed by atoms with E-state index in [1.807, 2.05) is 38.1 Å². The molecule has 0 spiro atoms. The number of benzene rings is 1. The van der Waals surface area contributed by atoms with Gasteiger partial charge in [-0.2, -0.15) is 0 Å². The molecule has 0 aliphatic rings. The maximum absolute atomic E-state index is 11.0. The van der Waals surface area contributed by atoms with Gasteiger partial charge in [-0.3, -0.25) is 4.79 Å². The minimum Gasteiger partial charge on any atom is -0.490 e. The maximum Gasteiger partial charge on any atom is 0.235 e. The number of alkyl halides is 1. The topological polar surface area (TPSA) is 47.6 Å². The summed E-state index contributed by atoms with van der Waals surface area (Å²) in [5.41, 5.74) is 0. The van der Waals surface area contributed by atoms with E-state index in [2.05, 4.69) is 5.32 Å². The van der Waals surface area contributed by atoms with Crippen molar-refractivity contribution in [3.8, 4) is 11.5 Å². The van der Waals surface area contributed by atoms with Crippen molar-refractivity contribution in [1.29, 1.82) is 0 Å². The summed E-state index contributed by atoms with van der Waals surface area (Å²) in [5.74, 6) is 1.13. The Morgan fingerprint density at radius 3 is 2.67 bits per heavy atom. The van der Waals surface area contributed by atoms with Gasteiger partial charge in [-0.05, 0) is 26.0 Å². The molecule has 100 valence electrons. The second-order valence-corrected chi connectivity index (χ2v) is 4.01. The highest BCUT2D eigenvalue weighted by Gasteiger charge is 2.09. The largest absolute Gasteiger partial charge is 0.490 e. The fourth-order valence-electron chi connectivity index (χ4n) is 1.39. The van der Waals surface area contributed by atoms with Crippen LogP contribution >= 0.6 is 11.6 Å². The van der Waals surface area contributed by atoms with Gasteiger partial charge in [0.25, 0.3) is 0 Å². The van der Waals surface area contributed by atoms with Gasteiger partial charge < -0.3 is 14.8 Å². The lowest BCUT2D eigenvalue weighted by molar-refractivity contribution is -0.119. The zero-order valence-electron chi connectivity index (χ0n) is 10.6. The summed E-state index contributed by atoms with van der Waals surface area (Å²) in [6, 6.07) is 7.45. The number of amides is 1. The summed E-state index contributed by atoms with van der Waals surface area (Å²) < 4.78 is 11.2. The average molecular weight is 272 g/mol. The van der Waals surface area contributed by atoms with E-state index in [4.69, 9.17) is 21.1 Å². The normalized spacial score (nSPS) is 11.7. The molecule has 0 radical (unpaired) electrons. The number of nitrogens with one attached hydrogen (secondary N) is 1. The van der Waals surface area contributed by atoms with Crippen molar-refractivity contribution >= 4 is 17.5 Å². The van der Waals surface area contributed by atoms with Crippen LogP contribution in [0.15, 0.2) is 24.3 Å². The summed E-state index contributed by atoms with van der Waals surface area (Å²) in [5, 5.41) is 2.67. The quantitative estimate of drug-likeness (QED) is 0.774. The Balaban J connectivity index is 2.53. The Kier molecular flexibility index (Phi) is 6.36. The number of para-hydroxylation sites is 2. The number of carbonyl (C=O) groups is 1. The van der Waals surface area contributed by atoms with Crippen molar-refractivity contribution in [2.75, 3.05) is 19.0 Å². The molecule has 0 aliphatic carbocycles. The van der Waals surface area contributed by atoms with Crippen LogP contribution in [0.4, 0.5) is 0 Å². The third kappa shape index (κ3) is 4.84. The zero-order valence-corrected chi connectivity index (χ0v) is 11.4. The smallest absolute Gasteiger partial charge is 0.235 e. The SMILES string of the molecule is CCOc1ccccc1OC(C)CNC(=O)CCl. The Labute approximate surface area is 112 Å². The van der Waals surface area contributed by atoms with Crippen LogP contribution in [-0.2, 0) is 4.79 Å². The molecule has 18 heavy (non-hydrogen) atoms. The first kappa shape index (κ1) is 14.6. The third-order valence-corrected chi connectivity index (χ3v) is 2.43. The van der Waals surface area contributed by atoms with E-state index in [-0.39, 0.29) is 17.9 Å². The van der Waals surface area contributed by atoms with Gasteiger partial charge in [0, 0.05) is 0 Å². The molecule has 1 rings (SSSR count). The fraction of sp³-hybridized carbons (Fsp3) is 0.462.